The molecular formula is C17H21N. The van der Waals surface area contributed by atoms with E-state index in [2.05, 4.69) is 63.0 Å². The summed E-state index contributed by atoms with van der Waals surface area (Å²) in [5.41, 5.74) is 6.27. The fourth-order valence-electron chi connectivity index (χ4n) is 2.11. The van der Waals surface area contributed by atoms with Crippen LogP contribution in [0.4, 0.5) is 0 Å². The molecule has 18 heavy (non-hydrogen) atoms. The summed E-state index contributed by atoms with van der Waals surface area (Å²) >= 11 is 0. The number of nitrogens with zero attached hydrogens (tertiary/aromatic N) is 1. The smallest absolute Gasteiger partial charge is 0.0704 e. The Morgan fingerprint density at radius 1 is 1.06 bits per heavy atom. The van der Waals surface area contributed by atoms with Crippen molar-refractivity contribution < 1.29 is 0 Å². The minimum absolute atomic E-state index is 0.678. The Labute approximate surface area is 110 Å². The van der Waals surface area contributed by atoms with Gasteiger partial charge in [0, 0.05) is 11.8 Å². The lowest BCUT2D eigenvalue weighted by Gasteiger charge is -2.10. The molecule has 0 N–H and O–H groups in total. The molecule has 0 radical (unpaired) electrons. The molecule has 1 aromatic heterocycles. The molecule has 94 valence electrons. The van der Waals surface area contributed by atoms with Crippen molar-refractivity contribution in [2.75, 3.05) is 0 Å². The molecule has 0 bridgehead atoms. The van der Waals surface area contributed by atoms with Gasteiger partial charge in [-0.3, -0.25) is 4.98 Å². The van der Waals surface area contributed by atoms with Gasteiger partial charge in [-0.05, 0) is 43.4 Å². The zero-order chi connectivity index (χ0) is 13.1. The van der Waals surface area contributed by atoms with E-state index in [1.54, 1.807) is 0 Å². The number of pyridine rings is 1. The topological polar surface area (TPSA) is 12.9 Å². The van der Waals surface area contributed by atoms with Gasteiger partial charge in [0.15, 0.2) is 0 Å². The maximum Gasteiger partial charge on any atom is 0.0704 e. The highest BCUT2D eigenvalue weighted by Crippen LogP contribution is 2.21. The van der Waals surface area contributed by atoms with E-state index in [4.69, 9.17) is 0 Å². The Bertz CT molecular complexity index is 524. The van der Waals surface area contributed by atoms with Gasteiger partial charge >= 0.3 is 0 Å². The standard InChI is InChI=1S/C17H21N/c1-12(2)9-16-10-17(18-11-14(16)4)15-7-5-13(3)6-8-15/h5-8,10-12H,9H2,1-4H3. The predicted molar refractivity (Wildman–Crippen MR) is 77.7 cm³/mol. The minimum Gasteiger partial charge on any atom is -0.256 e. The first-order valence-corrected chi connectivity index (χ1v) is 6.59. The lowest BCUT2D eigenvalue weighted by Crippen LogP contribution is -1.98. The van der Waals surface area contributed by atoms with Crippen LogP contribution < -0.4 is 0 Å². The summed E-state index contributed by atoms with van der Waals surface area (Å²) in [7, 11) is 0. The van der Waals surface area contributed by atoms with Crippen molar-refractivity contribution in [1.82, 2.24) is 4.98 Å². The Morgan fingerprint density at radius 3 is 2.33 bits per heavy atom. The van der Waals surface area contributed by atoms with Gasteiger partial charge in [0.1, 0.15) is 0 Å². The van der Waals surface area contributed by atoms with Gasteiger partial charge < -0.3 is 0 Å². The lowest BCUT2D eigenvalue weighted by molar-refractivity contribution is 0.644. The highest BCUT2D eigenvalue weighted by molar-refractivity contribution is 5.60. The van der Waals surface area contributed by atoms with Gasteiger partial charge in [0.25, 0.3) is 0 Å². The van der Waals surface area contributed by atoms with Crippen molar-refractivity contribution in [3.8, 4) is 11.3 Å². The van der Waals surface area contributed by atoms with E-state index < -0.39 is 0 Å². The van der Waals surface area contributed by atoms with E-state index in [-0.39, 0.29) is 0 Å². The van der Waals surface area contributed by atoms with E-state index in [0.717, 1.165) is 12.1 Å². The van der Waals surface area contributed by atoms with Crippen LogP contribution in [0.5, 0.6) is 0 Å². The molecule has 0 atom stereocenters. The normalized spacial score (nSPS) is 10.9. The van der Waals surface area contributed by atoms with Gasteiger partial charge in [0.05, 0.1) is 5.69 Å². The van der Waals surface area contributed by atoms with Gasteiger partial charge in [-0.25, -0.2) is 0 Å². The number of aromatic nitrogens is 1. The first kappa shape index (κ1) is 12.8. The molecule has 0 aliphatic heterocycles. The van der Waals surface area contributed by atoms with Crippen LogP contribution in [0.15, 0.2) is 36.5 Å². The van der Waals surface area contributed by atoms with Crippen LogP contribution in [0.3, 0.4) is 0 Å². The summed E-state index contributed by atoms with van der Waals surface area (Å²) in [6.07, 6.45) is 3.11. The molecule has 0 fully saturated rings. The number of hydrogen-bond donors (Lipinski definition) is 0. The van der Waals surface area contributed by atoms with Gasteiger partial charge in [0.2, 0.25) is 0 Å². The van der Waals surface area contributed by atoms with Crippen LogP contribution >= 0.6 is 0 Å². The molecule has 1 aromatic carbocycles. The largest absolute Gasteiger partial charge is 0.256 e. The summed E-state index contributed by atoms with van der Waals surface area (Å²) in [5, 5.41) is 0. The third-order valence-electron chi connectivity index (χ3n) is 3.19. The SMILES string of the molecule is Cc1ccc(-c2cc(CC(C)C)c(C)cn2)cc1. The molecule has 2 rings (SSSR count). The third-order valence-corrected chi connectivity index (χ3v) is 3.19. The molecule has 0 unspecified atom stereocenters. The van der Waals surface area contributed by atoms with E-state index in [1.807, 2.05) is 6.20 Å². The Balaban J connectivity index is 2.37. The number of rotatable bonds is 3. The Morgan fingerprint density at radius 2 is 1.72 bits per heavy atom. The second kappa shape index (κ2) is 5.34. The van der Waals surface area contributed by atoms with Crippen LogP contribution in [0, 0.1) is 19.8 Å². The number of benzene rings is 1. The lowest BCUT2D eigenvalue weighted by atomic mass is 9.98. The van der Waals surface area contributed by atoms with E-state index >= 15 is 0 Å². The van der Waals surface area contributed by atoms with Gasteiger partial charge in [-0.15, -0.1) is 0 Å². The van der Waals surface area contributed by atoms with Gasteiger partial charge in [-0.1, -0.05) is 43.7 Å². The molecule has 1 heterocycles. The highest BCUT2D eigenvalue weighted by Gasteiger charge is 2.06. The zero-order valence-corrected chi connectivity index (χ0v) is 11.7. The quantitative estimate of drug-likeness (QED) is 0.765. The van der Waals surface area contributed by atoms with Crippen LogP contribution in [-0.4, -0.2) is 4.98 Å². The summed E-state index contributed by atoms with van der Waals surface area (Å²) in [5.74, 6) is 0.678. The number of hydrogen-bond acceptors (Lipinski definition) is 1. The van der Waals surface area contributed by atoms with Crippen LogP contribution in [0.2, 0.25) is 0 Å². The molecule has 0 saturated carbocycles. The monoisotopic (exact) mass is 239 g/mol. The van der Waals surface area contributed by atoms with Gasteiger partial charge in [-0.2, -0.15) is 0 Å². The molecular weight excluding hydrogens is 218 g/mol. The predicted octanol–water partition coefficient (Wildman–Crippen LogP) is 4.56. The van der Waals surface area contributed by atoms with Crippen molar-refractivity contribution in [1.29, 1.82) is 0 Å². The van der Waals surface area contributed by atoms with Crippen molar-refractivity contribution in [3.63, 3.8) is 0 Å². The molecule has 1 nitrogen and oxygen atoms in total. The summed E-state index contributed by atoms with van der Waals surface area (Å²) < 4.78 is 0. The Kier molecular flexibility index (Phi) is 3.81. The fraction of sp³-hybridized carbons (Fsp3) is 0.353. The van der Waals surface area contributed by atoms with E-state index in [9.17, 15) is 0 Å². The summed E-state index contributed by atoms with van der Waals surface area (Å²) in [6, 6.07) is 10.8. The van der Waals surface area contributed by atoms with Crippen LogP contribution in [-0.2, 0) is 6.42 Å². The average molecular weight is 239 g/mol. The second-order valence-electron chi connectivity index (χ2n) is 5.46. The molecule has 0 amide bonds. The first-order chi connectivity index (χ1) is 8.56. The van der Waals surface area contributed by atoms with Crippen molar-refractivity contribution in [2.45, 2.75) is 34.1 Å². The minimum atomic E-state index is 0.678. The van der Waals surface area contributed by atoms with Crippen LogP contribution in [0.1, 0.15) is 30.5 Å². The van der Waals surface area contributed by atoms with Crippen LogP contribution in [0.25, 0.3) is 11.3 Å². The number of aryl methyl sites for hydroxylation is 2. The summed E-state index contributed by atoms with van der Waals surface area (Å²) in [4.78, 5) is 4.55. The highest BCUT2D eigenvalue weighted by atomic mass is 14.7. The van der Waals surface area contributed by atoms with E-state index in [1.165, 1.54) is 22.3 Å². The van der Waals surface area contributed by atoms with Crippen molar-refractivity contribution >= 4 is 0 Å². The molecule has 0 aliphatic carbocycles. The maximum atomic E-state index is 4.55. The molecule has 1 heteroatoms. The molecule has 0 aliphatic rings. The maximum absolute atomic E-state index is 4.55. The average Bonchev–Trinajstić information content (AvgIpc) is 2.32. The molecule has 2 aromatic rings. The third kappa shape index (κ3) is 2.98. The second-order valence-corrected chi connectivity index (χ2v) is 5.46. The fourth-order valence-corrected chi connectivity index (χ4v) is 2.11. The van der Waals surface area contributed by atoms with E-state index in [0.29, 0.717) is 5.92 Å². The first-order valence-electron chi connectivity index (χ1n) is 6.59. The zero-order valence-electron chi connectivity index (χ0n) is 11.7. The summed E-state index contributed by atoms with van der Waals surface area (Å²) in [6.45, 7) is 8.76. The molecule has 0 saturated heterocycles. The van der Waals surface area contributed by atoms with Crippen molar-refractivity contribution in [3.05, 3.63) is 53.2 Å². The Hall–Kier alpha value is -1.63. The van der Waals surface area contributed by atoms with Crippen molar-refractivity contribution in [2.24, 2.45) is 5.92 Å². The molecule has 0 spiro atoms.